The zero-order valence-electron chi connectivity index (χ0n) is 15.9. The topological polar surface area (TPSA) is 65.4 Å². The molecule has 1 unspecified atom stereocenters. The van der Waals surface area contributed by atoms with Crippen LogP contribution in [0.5, 0.6) is 0 Å². The van der Waals surface area contributed by atoms with Gasteiger partial charge in [-0.15, -0.1) is 11.3 Å². The third-order valence-electron chi connectivity index (χ3n) is 4.57. The first-order valence-electron chi connectivity index (χ1n) is 9.39. The molecule has 0 bridgehead atoms. The molecule has 0 amide bonds. The number of aliphatic imine (C=N–C) groups is 1. The molecule has 27 heavy (non-hydrogen) atoms. The highest BCUT2D eigenvalue weighted by atomic mass is 32.1. The minimum Gasteiger partial charge on any atom is -0.356 e. The molecule has 6 nitrogen and oxygen atoms in total. The minimum absolute atomic E-state index is 0.232. The Balaban J connectivity index is 1.37. The molecular formula is C19H27FN6S. The maximum atomic E-state index is 13.9. The zero-order chi connectivity index (χ0) is 19.1. The Kier molecular flexibility index (Phi) is 6.98. The smallest absolute Gasteiger partial charge is 0.191 e. The number of halogens is 1. The van der Waals surface area contributed by atoms with Crippen molar-refractivity contribution in [3.05, 3.63) is 40.2 Å². The van der Waals surface area contributed by atoms with E-state index < -0.39 is 0 Å². The van der Waals surface area contributed by atoms with Gasteiger partial charge in [0.1, 0.15) is 0 Å². The number of thiazole rings is 1. The highest BCUT2D eigenvalue weighted by Gasteiger charge is 2.25. The number of guanidine groups is 1. The Morgan fingerprint density at radius 2 is 2.33 bits per heavy atom. The summed E-state index contributed by atoms with van der Waals surface area (Å²) in [4.78, 5) is 14.9. The molecular weight excluding hydrogens is 363 g/mol. The number of rotatable bonds is 7. The normalized spacial score (nSPS) is 17.4. The maximum absolute atomic E-state index is 13.9. The van der Waals surface area contributed by atoms with Crippen LogP contribution in [-0.4, -0.2) is 48.7 Å². The van der Waals surface area contributed by atoms with E-state index in [-0.39, 0.29) is 11.9 Å². The fourth-order valence-corrected chi connectivity index (χ4v) is 4.01. The van der Waals surface area contributed by atoms with Crippen LogP contribution < -0.4 is 15.5 Å². The predicted molar refractivity (Wildman–Crippen MR) is 109 cm³/mol. The van der Waals surface area contributed by atoms with E-state index in [4.69, 9.17) is 0 Å². The average Bonchev–Trinajstić information content (AvgIpc) is 3.30. The van der Waals surface area contributed by atoms with Crippen LogP contribution in [0.2, 0.25) is 0 Å². The molecule has 1 saturated heterocycles. The second-order valence-corrected chi connectivity index (χ2v) is 7.67. The van der Waals surface area contributed by atoms with Crippen LogP contribution in [0, 0.1) is 12.7 Å². The summed E-state index contributed by atoms with van der Waals surface area (Å²) in [7, 11) is 1.78. The number of anilines is 1. The fraction of sp³-hybridized carbons (Fsp3) is 0.526. The van der Waals surface area contributed by atoms with Crippen LogP contribution in [-0.2, 0) is 6.42 Å². The molecule has 1 fully saturated rings. The fourth-order valence-electron chi connectivity index (χ4n) is 3.19. The Hall–Kier alpha value is -2.22. The molecule has 8 heteroatoms. The van der Waals surface area contributed by atoms with E-state index in [1.54, 1.807) is 30.6 Å². The predicted octanol–water partition coefficient (Wildman–Crippen LogP) is 2.75. The van der Waals surface area contributed by atoms with E-state index >= 15 is 0 Å². The lowest BCUT2D eigenvalue weighted by molar-refractivity contribution is 0.611. The van der Waals surface area contributed by atoms with E-state index in [0.29, 0.717) is 5.82 Å². The molecule has 0 aliphatic carbocycles. The summed E-state index contributed by atoms with van der Waals surface area (Å²) in [5.74, 6) is 0.965. The molecule has 2 aromatic heterocycles. The highest BCUT2D eigenvalue weighted by Crippen LogP contribution is 2.20. The molecule has 0 aromatic carbocycles. The third kappa shape index (κ3) is 5.63. The van der Waals surface area contributed by atoms with Crippen molar-refractivity contribution in [3.8, 4) is 0 Å². The van der Waals surface area contributed by atoms with Crippen LogP contribution in [0.3, 0.4) is 0 Å². The summed E-state index contributed by atoms with van der Waals surface area (Å²) in [6.07, 6.45) is 5.76. The van der Waals surface area contributed by atoms with Gasteiger partial charge < -0.3 is 15.5 Å². The molecule has 1 aliphatic rings. The van der Waals surface area contributed by atoms with Gasteiger partial charge in [-0.25, -0.2) is 14.4 Å². The van der Waals surface area contributed by atoms with E-state index in [1.165, 1.54) is 11.1 Å². The summed E-state index contributed by atoms with van der Waals surface area (Å²) in [6, 6.07) is 3.30. The SMILES string of the molecule is CN=C(NCCCCc1nc(C)cs1)NC1CCN(c2ncccc2F)C1. The van der Waals surface area contributed by atoms with Crippen LogP contribution in [0.25, 0.3) is 0 Å². The molecule has 0 saturated carbocycles. The number of nitrogens with one attached hydrogen (secondary N) is 2. The van der Waals surface area contributed by atoms with Gasteiger partial charge in [-0.2, -0.15) is 0 Å². The van der Waals surface area contributed by atoms with E-state index in [9.17, 15) is 4.39 Å². The lowest BCUT2D eigenvalue weighted by Crippen LogP contribution is -2.45. The first kappa shape index (κ1) is 19.5. The summed E-state index contributed by atoms with van der Waals surface area (Å²) < 4.78 is 13.9. The van der Waals surface area contributed by atoms with Gasteiger partial charge in [0.05, 0.1) is 5.01 Å². The summed E-state index contributed by atoms with van der Waals surface area (Å²) in [5.41, 5.74) is 1.11. The van der Waals surface area contributed by atoms with Gasteiger partial charge in [0, 0.05) is 50.0 Å². The first-order chi connectivity index (χ1) is 13.2. The summed E-state index contributed by atoms with van der Waals surface area (Å²) in [5, 5.41) is 10.1. The number of nitrogens with zero attached hydrogens (tertiary/aromatic N) is 4. The Morgan fingerprint density at radius 3 is 3.07 bits per heavy atom. The van der Waals surface area contributed by atoms with Crippen molar-refractivity contribution in [2.75, 3.05) is 31.6 Å². The standard InChI is InChI=1S/C19H27FN6S/c1-14-13-27-17(24-14)7-3-4-9-23-19(21-2)25-15-8-11-26(12-15)18-16(20)6-5-10-22-18/h5-6,10,13,15H,3-4,7-9,11-12H2,1-2H3,(H2,21,23,25). The van der Waals surface area contributed by atoms with Crippen molar-refractivity contribution >= 4 is 23.1 Å². The van der Waals surface area contributed by atoms with Gasteiger partial charge in [-0.05, 0) is 44.7 Å². The molecule has 2 aromatic rings. The molecule has 2 N–H and O–H groups in total. The number of aryl methyl sites for hydroxylation is 2. The lowest BCUT2D eigenvalue weighted by atomic mass is 10.2. The highest BCUT2D eigenvalue weighted by molar-refractivity contribution is 7.09. The van der Waals surface area contributed by atoms with Crippen LogP contribution in [0.4, 0.5) is 10.2 Å². The Morgan fingerprint density at radius 1 is 1.44 bits per heavy atom. The van der Waals surface area contributed by atoms with Crippen molar-refractivity contribution in [3.63, 3.8) is 0 Å². The van der Waals surface area contributed by atoms with E-state index in [2.05, 4.69) is 31.0 Å². The zero-order valence-corrected chi connectivity index (χ0v) is 16.7. The molecule has 0 radical (unpaired) electrons. The second kappa shape index (κ2) is 9.64. The van der Waals surface area contributed by atoms with Gasteiger partial charge in [-0.1, -0.05) is 0 Å². The van der Waals surface area contributed by atoms with Crippen molar-refractivity contribution < 1.29 is 4.39 Å². The number of unbranched alkanes of at least 4 members (excludes halogenated alkanes) is 1. The second-order valence-electron chi connectivity index (χ2n) is 6.72. The number of hydrogen-bond donors (Lipinski definition) is 2. The Labute approximate surface area is 163 Å². The third-order valence-corrected chi connectivity index (χ3v) is 5.59. The molecule has 1 atom stereocenters. The number of hydrogen-bond acceptors (Lipinski definition) is 5. The van der Waals surface area contributed by atoms with Crippen LogP contribution >= 0.6 is 11.3 Å². The van der Waals surface area contributed by atoms with Crippen molar-refractivity contribution in [2.24, 2.45) is 4.99 Å². The molecule has 0 spiro atoms. The van der Waals surface area contributed by atoms with Crippen molar-refractivity contribution in [1.29, 1.82) is 0 Å². The van der Waals surface area contributed by atoms with Gasteiger partial charge in [0.15, 0.2) is 17.6 Å². The first-order valence-corrected chi connectivity index (χ1v) is 10.3. The van der Waals surface area contributed by atoms with Gasteiger partial charge >= 0.3 is 0 Å². The Bertz CT molecular complexity index is 762. The van der Waals surface area contributed by atoms with Crippen molar-refractivity contribution in [2.45, 2.75) is 38.6 Å². The number of aromatic nitrogens is 2. The van der Waals surface area contributed by atoms with Crippen LogP contribution in [0.15, 0.2) is 28.7 Å². The quantitative estimate of drug-likeness (QED) is 0.432. The molecule has 146 valence electrons. The molecule has 3 heterocycles. The lowest BCUT2D eigenvalue weighted by Gasteiger charge is -2.20. The monoisotopic (exact) mass is 390 g/mol. The summed E-state index contributed by atoms with van der Waals surface area (Å²) in [6.45, 7) is 4.41. The molecule has 1 aliphatic heterocycles. The van der Waals surface area contributed by atoms with Gasteiger partial charge in [0.2, 0.25) is 0 Å². The van der Waals surface area contributed by atoms with E-state index in [1.807, 2.05) is 11.8 Å². The maximum Gasteiger partial charge on any atom is 0.191 e. The van der Waals surface area contributed by atoms with Crippen LogP contribution in [0.1, 0.15) is 30.0 Å². The summed E-state index contributed by atoms with van der Waals surface area (Å²) >= 11 is 1.73. The largest absolute Gasteiger partial charge is 0.356 e. The molecule has 3 rings (SSSR count). The average molecular weight is 391 g/mol. The van der Waals surface area contributed by atoms with E-state index in [0.717, 1.165) is 57.0 Å². The minimum atomic E-state index is -0.268. The van der Waals surface area contributed by atoms with Crippen molar-refractivity contribution in [1.82, 2.24) is 20.6 Å². The van der Waals surface area contributed by atoms with Gasteiger partial charge in [-0.3, -0.25) is 4.99 Å². The van der Waals surface area contributed by atoms with Gasteiger partial charge in [0.25, 0.3) is 0 Å². The number of pyridine rings is 1.